The van der Waals surface area contributed by atoms with Crippen molar-refractivity contribution in [2.45, 2.75) is 18.2 Å². The summed E-state index contributed by atoms with van der Waals surface area (Å²) in [6, 6.07) is 15.2. The number of rotatable bonds is 7. The van der Waals surface area contributed by atoms with E-state index in [0.717, 1.165) is 4.88 Å². The highest BCUT2D eigenvalue weighted by atomic mass is 32.2. The second-order valence-electron chi connectivity index (χ2n) is 7.12. The Morgan fingerprint density at radius 3 is 2.45 bits per heavy atom. The van der Waals surface area contributed by atoms with Crippen molar-refractivity contribution in [1.29, 1.82) is 0 Å². The molecule has 1 fully saturated rings. The molecule has 7 nitrogen and oxygen atoms in total. The number of carbonyl (C=O) groups excluding carboxylic acids is 2. The van der Waals surface area contributed by atoms with Crippen LogP contribution in [-0.4, -0.2) is 38.2 Å². The Morgan fingerprint density at radius 1 is 1.09 bits per heavy atom. The quantitative estimate of drug-likeness (QED) is 0.506. The summed E-state index contributed by atoms with van der Waals surface area (Å²) in [5.74, 6) is -2.04. The highest BCUT2D eigenvalue weighted by Crippen LogP contribution is 2.33. The molecule has 2 N–H and O–H groups in total. The molecule has 1 saturated heterocycles. The molecule has 10 heteroatoms. The van der Waals surface area contributed by atoms with E-state index in [-0.39, 0.29) is 29.6 Å². The zero-order valence-electron chi connectivity index (χ0n) is 17.1. The number of carboxylic acids is 1. The number of thiophene rings is 1. The number of hydrogen-bond donors (Lipinski definition) is 2. The number of hydrogen-bond acceptors (Lipinski definition) is 6. The Labute approximate surface area is 197 Å². The van der Waals surface area contributed by atoms with Gasteiger partial charge in [0.05, 0.1) is 17.8 Å². The Balaban J connectivity index is 1.49. The van der Waals surface area contributed by atoms with Crippen molar-refractivity contribution in [3.8, 4) is 0 Å². The van der Waals surface area contributed by atoms with Gasteiger partial charge in [-0.1, -0.05) is 17.8 Å². The molecule has 0 unspecified atom stereocenters. The van der Waals surface area contributed by atoms with Gasteiger partial charge in [0.1, 0.15) is 11.1 Å². The molecule has 33 heavy (non-hydrogen) atoms. The van der Waals surface area contributed by atoms with Crippen LogP contribution in [0.2, 0.25) is 0 Å². The maximum atomic E-state index is 13.2. The minimum Gasteiger partial charge on any atom is -0.478 e. The van der Waals surface area contributed by atoms with E-state index in [0.29, 0.717) is 23.1 Å². The lowest BCUT2D eigenvalue weighted by Gasteiger charge is -2.15. The summed E-state index contributed by atoms with van der Waals surface area (Å²) in [7, 11) is 0. The fourth-order valence-electron chi connectivity index (χ4n) is 3.13. The fraction of sp³-hybridized carbons (Fsp3) is 0.130. The SMILES string of the molecule is O=C(C[C@@H]1SC(=Nc2ccc(F)cc2)N(Cc2cccs2)C1=O)Nc1ccc(C(=O)O)cc1. The number of aliphatic imine (C=N–C) groups is 1. The molecule has 0 bridgehead atoms. The third kappa shape index (κ3) is 5.65. The van der Waals surface area contributed by atoms with Crippen LogP contribution in [-0.2, 0) is 16.1 Å². The largest absolute Gasteiger partial charge is 0.478 e. The molecule has 168 valence electrons. The molecule has 1 aromatic heterocycles. The van der Waals surface area contributed by atoms with Crippen molar-refractivity contribution in [3.63, 3.8) is 0 Å². The molecule has 0 saturated carbocycles. The van der Waals surface area contributed by atoms with Crippen LogP contribution in [0.15, 0.2) is 71.0 Å². The first-order chi connectivity index (χ1) is 15.9. The molecular formula is C23H18FN3O4S2. The van der Waals surface area contributed by atoms with E-state index in [1.807, 2.05) is 17.5 Å². The minimum atomic E-state index is -1.06. The van der Waals surface area contributed by atoms with Crippen LogP contribution in [0.25, 0.3) is 0 Å². The second kappa shape index (κ2) is 9.97. The van der Waals surface area contributed by atoms with Crippen molar-refractivity contribution in [2.24, 2.45) is 4.99 Å². The first kappa shape index (κ1) is 22.7. The summed E-state index contributed by atoms with van der Waals surface area (Å²) in [5.41, 5.74) is 1.06. The number of aromatic carboxylic acids is 1. The van der Waals surface area contributed by atoms with Gasteiger partial charge in [-0.05, 0) is 60.0 Å². The molecule has 0 spiro atoms. The van der Waals surface area contributed by atoms with Gasteiger partial charge in [0.2, 0.25) is 11.8 Å². The average molecular weight is 484 g/mol. The van der Waals surface area contributed by atoms with Gasteiger partial charge in [-0.2, -0.15) is 0 Å². The van der Waals surface area contributed by atoms with E-state index >= 15 is 0 Å². The predicted octanol–water partition coefficient (Wildman–Crippen LogP) is 4.75. The summed E-state index contributed by atoms with van der Waals surface area (Å²) in [6.45, 7) is 0.332. The molecule has 4 rings (SSSR count). The second-order valence-corrected chi connectivity index (χ2v) is 9.32. The molecule has 2 amide bonds. The maximum absolute atomic E-state index is 13.2. The zero-order chi connectivity index (χ0) is 23.4. The normalized spacial score (nSPS) is 16.9. The number of carbonyl (C=O) groups is 3. The van der Waals surface area contributed by atoms with E-state index in [9.17, 15) is 18.8 Å². The number of nitrogens with one attached hydrogen (secondary N) is 1. The van der Waals surface area contributed by atoms with Gasteiger partial charge in [-0.15, -0.1) is 11.3 Å². The summed E-state index contributed by atoms with van der Waals surface area (Å²) >= 11 is 2.71. The number of thioether (sulfide) groups is 1. The Bertz CT molecular complexity index is 1200. The molecular weight excluding hydrogens is 465 g/mol. The van der Waals surface area contributed by atoms with Crippen molar-refractivity contribution in [2.75, 3.05) is 5.32 Å². The Morgan fingerprint density at radius 2 is 1.82 bits per heavy atom. The lowest BCUT2D eigenvalue weighted by Crippen LogP contribution is -2.32. The summed E-state index contributed by atoms with van der Waals surface area (Å²) in [4.78, 5) is 43.7. The predicted molar refractivity (Wildman–Crippen MR) is 126 cm³/mol. The van der Waals surface area contributed by atoms with E-state index in [1.165, 1.54) is 71.6 Å². The lowest BCUT2D eigenvalue weighted by molar-refractivity contribution is -0.128. The first-order valence-electron chi connectivity index (χ1n) is 9.87. The van der Waals surface area contributed by atoms with Crippen molar-refractivity contribution in [3.05, 3.63) is 82.3 Å². The van der Waals surface area contributed by atoms with Crippen molar-refractivity contribution < 1.29 is 23.9 Å². The van der Waals surface area contributed by atoms with Crippen LogP contribution in [0.4, 0.5) is 15.8 Å². The van der Waals surface area contributed by atoms with Crippen LogP contribution in [0.1, 0.15) is 21.7 Å². The molecule has 2 aromatic carbocycles. The standard InChI is InChI=1S/C23H18FN3O4S2/c24-15-5-9-17(10-6-15)26-23-27(13-18-2-1-11-32-18)21(29)19(33-23)12-20(28)25-16-7-3-14(4-8-16)22(30)31/h1-11,19H,12-13H2,(H,25,28)(H,30,31)/t19-/m0/s1. The van der Waals surface area contributed by atoms with Crippen LogP contribution < -0.4 is 5.32 Å². The van der Waals surface area contributed by atoms with Gasteiger partial charge in [-0.25, -0.2) is 14.2 Å². The maximum Gasteiger partial charge on any atom is 0.335 e. The Kier molecular flexibility index (Phi) is 6.85. The van der Waals surface area contributed by atoms with E-state index in [2.05, 4.69) is 10.3 Å². The molecule has 1 aliphatic rings. The van der Waals surface area contributed by atoms with Gasteiger partial charge in [0.15, 0.2) is 5.17 Å². The highest BCUT2D eigenvalue weighted by molar-refractivity contribution is 8.15. The van der Waals surface area contributed by atoms with Gasteiger partial charge in [-0.3, -0.25) is 14.5 Å². The molecule has 1 aliphatic heterocycles. The summed E-state index contributed by atoms with van der Waals surface area (Å²) in [6.07, 6.45) is -0.0758. The van der Waals surface area contributed by atoms with Crippen LogP contribution >= 0.6 is 23.1 Å². The number of halogens is 1. The van der Waals surface area contributed by atoms with Crippen LogP contribution in [0.5, 0.6) is 0 Å². The van der Waals surface area contributed by atoms with Gasteiger partial charge in [0, 0.05) is 17.0 Å². The number of nitrogens with zero attached hydrogens (tertiary/aromatic N) is 2. The lowest BCUT2D eigenvalue weighted by atomic mass is 10.2. The third-order valence-corrected chi connectivity index (χ3v) is 6.79. The van der Waals surface area contributed by atoms with Gasteiger partial charge >= 0.3 is 5.97 Å². The van der Waals surface area contributed by atoms with Gasteiger partial charge < -0.3 is 10.4 Å². The minimum absolute atomic E-state index is 0.0758. The molecule has 0 aliphatic carbocycles. The average Bonchev–Trinajstić information content (AvgIpc) is 3.40. The number of amides is 2. The number of benzene rings is 2. The highest BCUT2D eigenvalue weighted by Gasteiger charge is 2.39. The zero-order valence-corrected chi connectivity index (χ0v) is 18.7. The third-order valence-electron chi connectivity index (χ3n) is 4.75. The monoisotopic (exact) mass is 483 g/mol. The van der Waals surface area contributed by atoms with E-state index < -0.39 is 11.2 Å². The molecule has 1 atom stereocenters. The number of anilines is 1. The number of amidine groups is 1. The van der Waals surface area contributed by atoms with E-state index in [1.54, 1.807) is 4.90 Å². The molecule has 3 aromatic rings. The topological polar surface area (TPSA) is 99.1 Å². The molecule has 2 heterocycles. The van der Waals surface area contributed by atoms with Crippen LogP contribution in [0, 0.1) is 5.82 Å². The summed E-state index contributed by atoms with van der Waals surface area (Å²) < 4.78 is 13.2. The van der Waals surface area contributed by atoms with Gasteiger partial charge in [0.25, 0.3) is 0 Å². The van der Waals surface area contributed by atoms with Crippen molar-refractivity contribution >= 4 is 57.4 Å². The first-order valence-corrected chi connectivity index (χ1v) is 11.6. The fourth-order valence-corrected chi connectivity index (χ4v) is 4.98. The smallest absolute Gasteiger partial charge is 0.335 e. The van der Waals surface area contributed by atoms with Crippen molar-refractivity contribution in [1.82, 2.24) is 4.90 Å². The summed E-state index contributed by atoms with van der Waals surface area (Å²) in [5, 5.41) is 13.4. The molecule has 0 radical (unpaired) electrons. The van der Waals surface area contributed by atoms with E-state index in [4.69, 9.17) is 5.11 Å². The van der Waals surface area contributed by atoms with Crippen LogP contribution in [0.3, 0.4) is 0 Å². The number of carboxylic acid groups (broad SMARTS) is 1. The Hall–Kier alpha value is -3.50.